The van der Waals surface area contributed by atoms with Crippen molar-refractivity contribution in [2.45, 2.75) is 13.5 Å². The Bertz CT molecular complexity index is 1140. The fraction of sp³-hybridized carbons (Fsp3) is 0.0833. The number of carbonyl (C=O) groups is 2. The second kappa shape index (κ2) is 8.55. The second-order valence-electron chi connectivity index (χ2n) is 6.93. The SMILES string of the molecule is Cc1cccc(COc2ccc(Br)cc2C=C2C(=O)NN(c3ccccc3)C2=O)c1. The summed E-state index contributed by atoms with van der Waals surface area (Å²) in [5, 5.41) is 1.25. The van der Waals surface area contributed by atoms with Crippen molar-refractivity contribution < 1.29 is 14.3 Å². The smallest absolute Gasteiger partial charge is 0.282 e. The normalized spacial score (nSPS) is 14.9. The number of benzene rings is 3. The molecular formula is C24H19BrN2O3. The molecule has 1 aliphatic heterocycles. The Hall–Kier alpha value is -3.38. The summed E-state index contributed by atoms with van der Waals surface area (Å²) in [6.45, 7) is 2.41. The van der Waals surface area contributed by atoms with E-state index in [1.54, 1.807) is 18.2 Å². The van der Waals surface area contributed by atoms with E-state index in [0.29, 0.717) is 23.6 Å². The first kappa shape index (κ1) is 19.9. The fourth-order valence-electron chi connectivity index (χ4n) is 3.20. The van der Waals surface area contributed by atoms with Crippen molar-refractivity contribution in [1.29, 1.82) is 0 Å². The number of hydrogen-bond acceptors (Lipinski definition) is 3. The molecule has 1 aliphatic rings. The third-order valence-electron chi connectivity index (χ3n) is 4.65. The Balaban J connectivity index is 1.62. The van der Waals surface area contributed by atoms with Gasteiger partial charge in [0.15, 0.2) is 0 Å². The van der Waals surface area contributed by atoms with Gasteiger partial charge in [-0.2, -0.15) is 0 Å². The summed E-state index contributed by atoms with van der Waals surface area (Å²) in [5.74, 6) is -0.268. The summed E-state index contributed by atoms with van der Waals surface area (Å²) < 4.78 is 6.83. The van der Waals surface area contributed by atoms with Crippen LogP contribution in [-0.4, -0.2) is 11.8 Å². The van der Waals surface area contributed by atoms with E-state index in [2.05, 4.69) is 27.4 Å². The highest BCUT2D eigenvalue weighted by Crippen LogP contribution is 2.28. The summed E-state index contributed by atoms with van der Waals surface area (Å²) in [4.78, 5) is 25.3. The number of halogens is 1. The van der Waals surface area contributed by atoms with Crippen LogP contribution in [0.2, 0.25) is 0 Å². The molecule has 150 valence electrons. The molecule has 2 amide bonds. The maximum absolute atomic E-state index is 12.9. The lowest BCUT2D eigenvalue weighted by atomic mass is 10.1. The Morgan fingerprint density at radius 1 is 1.00 bits per heavy atom. The van der Waals surface area contributed by atoms with Gasteiger partial charge < -0.3 is 4.74 Å². The first-order valence-corrected chi connectivity index (χ1v) is 10.2. The summed E-state index contributed by atoms with van der Waals surface area (Å²) in [7, 11) is 0. The summed E-state index contributed by atoms with van der Waals surface area (Å²) in [5.41, 5.74) is 6.11. The number of nitrogens with one attached hydrogen (secondary N) is 1. The van der Waals surface area contributed by atoms with Gasteiger partial charge in [-0.05, 0) is 48.9 Å². The molecule has 3 aromatic rings. The van der Waals surface area contributed by atoms with E-state index in [1.807, 2.05) is 61.5 Å². The largest absolute Gasteiger partial charge is 0.488 e. The van der Waals surface area contributed by atoms with Gasteiger partial charge >= 0.3 is 0 Å². The maximum Gasteiger partial charge on any atom is 0.282 e. The average molecular weight is 463 g/mol. The Kier molecular flexibility index (Phi) is 5.68. The van der Waals surface area contributed by atoms with E-state index in [0.717, 1.165) is 15.6 Å². The lowest BCUT2D eigenvalue weighted by Crippen LogP contribution is -2.35. The average Bonchev–Trinajstić information content (AvgIpc) is 3.02. The number of hydrogen-bond donors (Lipinski definition) is 1. The van der Waals surface area contributed by atoms with E-state index in [4.69, 9.17) is 4.74 Å². The topological polar surface area (TPSA) is 58.6 Å². The van der Waals surface area contributed by atoms with Crippen LogP contribution < -0.4 is 15.2 Å². The molecule has 1 saturated heterocycles. The number of anilines is 1. The molecule has 0 radical (unpaired) electrons. The molecule has 1 heterocycles. The van der Waals surface area contributed by atoms with Crippen LogP contribution in [0.1, 0.15) is 16.7 Å². The van der Waals surface area contributed by atoms with Gasteiger partial charge in [-0.1, -0.05) is 64.0 Å². The van der Waals surface area contributed by atoms with Crippen molar-refractivity contribution in [2.75, 3.05) is 5.01 Å². The zero-order chi connectivity index (χ0) is 21.1. The highest BCUT2D eigenvalue weighted by atomic mass is 79.9. The minimum absolute atomic E-state index is 0.0531. The molecule has 5 nitrogen and oxygen atoms in total. The van der Waals surface area contributed by atoms with Crippen LogP contribution >= 0.6 is 15.9 Å². The second-order valence-corrected chi connectivity index (χ2v) is 7.85. The molecule has 0 unspecified atom stereocenters. The van der Waals surface area contributed by atoms with Gasteiger partial charge in [0.05, 0.1) is 5.69 Å². The summed E-state index contributed by atoms with van der Waals surface area (Å²) >= 11 is 3.45. The highest BCUT2D eigenvalue weighted by Gasteiger charge is 2.34. The van der Waals surface area contributed by atoms with Crippen LogP contribution in [0.25, 0.3) is 6.08 Å². The molecule has 0 atom stereocenters. The Labute approximate surface area is 183 Å². The molecule has 0 aliphatic carbocycles. The lowest BCUT2D eigenvalue weighted by Gasteiger charge is -2.14. The zero-order valence-electron chi connectivity index (χ0n) is 16.3. The van der Waals surface area contributed by atoms with Gasteiger partial charge in [-0.3, -0.25) is 15.0 Å². The number of nitrogens with zero attached hydrogens (tertiary/aromatic N) is 1. The third-order valence-corrected chi connectivity index (χ3v) is 5.15. The molecule has 0 bridgehead atoms. The number of carbonyl (C=O) groups excluding carboxylic acids is 2. The van der Waals surface area contributed by atoms with E-state index in [1.165, 1.54) is 5.01 Å². The molecule has 0 saturated carbocycles. The first-order valence-electron chi connectivity index (χ1n) is 9.41. The van der Waals surface area contributed by atoms with Gasteiger partial charge in [-0.25, -0.2) is 5.01 Å². The van der Waals surface area contributed by atoms with Gasteiger partial charge in [0.2, 0.25) is 0 Å². The van der Waals surface area contributed by atoms with Gasteiger partial charge in [-0.15, -0.1) is 0 Å². The van der Waals surface area contributed by atoms with Crippen LogP contribution in [-0.2, 0) is 16.2 Å². The van der Waals surface area contributed by atoms with Gasteiger partial charge in [0.1, 0.15) is 17.9 Å². The van der Waals surface area contributed by atoms with E-state index in [9.17, 15) is 9.59 Å². The fourth-order valence-corrected chi connectivity index (χ4v) is 3.58. The monoisotopic (exact) mass is 462 g/mol. The predicted molar refractivity (Wildman–Crippen MR) is 120 cm³/mol. The molecule has 0 aromatic heterocycles. The number of amides is 2. The quantitative estimate of drug-likeness (QED) is 0.437. The minimum Gasteiger partial charge on any atom is -0.488 e. The summed E-state index contributed by atoms with van der Waals surface area (Å²) in [6, 6.07) is 22.6. The van der Waals surface area contributed by atoms with Crippen LogP contribution in [0.3, 0.4) is 0 Å². The Morgan fingerprint density at radius 3 is 2.57 bits per heavy atom. The number of para-hydroxylation sites is 1. The zero-order valence-corrected chi connectivity index (χ0v) is 17.8. The minimum atomic E-state index is -0.450. The van der Waals surface area contributed by atoms with E-state index < -0.39 is 11.8 Å². The van der Waals surface area contributed by atoms with Crippen molar-refractivity contribution in [3.63, 3.8) is 0 Å². The predicted octanol–water partition coefficient (Wildman–Crippen LogP) is 4.80. The van der Waals surface area contributed by atoms with Gasteiger partial charge in [0, 0.05) is 10.0 Å². The van der Waals surface area contributed by atoms with Crippen LogP contribution in [0, 0.1) is 6.92 Å². The first-order chi connectivity index (χ1) is 14.5. The van der Waals surface area contributed by atoms with E-state index >= 15 is 0 Å². The number of rotatable bonds is 5. The highest BCUT2D eigenvalue weighted by molar-refractivity contribution is 9.10. The molecule has 1 N–H and O–H groups in total. The molecule has 6 heteroatoms. The number of aryl methyl sites for hydroxylation is 1. The molecule has 0 spiro atoms. The Morgan fingerprint density at radius 2 is 1.80 bits per heavy atom. The van der Waals surface area contributed by atoms with Crippen LogP contribution in [0.15, 0.2) is 82.8 Å². The third kappa shape index (κ3) is 4.28. The molecule has 30 heavy (non-hydrogen) atoms. The standard InChI is InChI=1S/C24H19BrN2O3/c1-16-6-5-7-17(12-16)15-30-22-11-10-19(25)13-18(22)14-21-23(28)26-27(24(21)29)20-8-3-2-4-9-20/h2-14H,15H2,1H3,(H,26,28). The van der Waals surface area contributed by atoms with Crippen molar-refractivity contribution in [1.82, 2.24) is 5.43 Å². The number of hydrazine groups is 1. The molecule has 4 rings (SSSR count). The van der Waals surface area contributed by atoms with Crippen LogP contribution in [0.5, 0.6) is 5.75 Å². The molecular weight excluding hydrogens is 444 g/mol. The lowest BCUT2D eigenvalue weighted by molar-refractivity contribution is -0.117. The van der Waals surface area contributed by atoms with Crippen molar-refractivity contribution in [3.8, 4) is 5.75 Å². The van der Waals surface area contributed by atoms with E-state index in [-0.39, 0.29) is 5.57 Å². The molecule has 1 fully saturated rings. The summed E-state index contributed by atoms with van der Waals surface area (Å²) in [6.07, 6.45) is 1.57. The van der Waals surface area contributed by atoms with Gasteiger partial charge in [0.25, 0.3) is 11.8 Å². The van der Waals surface area contributed by atoms with Crippen molar-refractivity contribution in [3.05, 3.63) is 99.5 Å². The molecule has 3 aromatic carbocycles. The van der Waals surface area contributed by atoms with Crippen molar-refractivity contribution in [2.24, 2.45) is 0 Å². The van der Waals surface area contributed by atoms with Crippen molar-refractivity contribution >= 4 is 39.5 Å². The van der Waals surface area contributed by atoms with Crippen LogP contribution in [0.4, 0.5) is 5.69 Å². The number of ether oxygens (including phenoxy) is 1. The maximum atomic E-state index is 12.9.